The predicted molar refractivity (Wildman–Crippen MR) is 123 cm³/mol. The van der Waals surface area contributed by atoms with Gasteiger partial charge in [0.05, 0.1) is 17.9 Å². The molecular weight excluding hydrogens is 410 g/mol. The highest BCUT2D eigenvalue weighted by molar-refractivity contribution is 8.00. The highest BCUT2D eigenvalue weighted by Gasteiger charge is 2.24. The Balaban J connectivity index is 1.86. The molecule has 2 aromatic carbocycles. The van der Waals surface area contributed by atoms with Crippen LogP contribution in [-0.2, 0) is 4.79 Å². The number of thioether (sulfide) groups is 1. The van der Waals surface area contributed by atoms with Gasteiger partial charge in [-0.15, -0.1) is 10.2 Å². The number of hydrogen-bond donors (Lipinski definition) is 1. The molecular formula is C23H25N5O2S. The Kier molecular flexibility index (Phi) is 6.08. The highest BCUT2D eigenvalue weighted by Crippen LogP contribution is 2.32. The molecule has 0 radical (unpaired) electrons. The van der Waals surface area contributed by atoms with Gasteiger partial charge in [0, 0.05) is 17.0 Å². The summed E-state index contributed by atoms with van der Waals surface area (Å²) in [4.78, 5) is 17.6. The zero-order valence-electron chi connectivity index (χ0n) is 18.0. The highest BCUT2D eigenvalue weighted by atomic mass is 32.2. The summed E-state index contributed by atoms with van der Waals surface area (Å²) in [7, 11) is 1.64. The summed E-state index contributed by atoms with van der Waals surface area (Å²) in [5.74, 6) is 1.50. The number of benzene rings is 2. The average molecular weight is 436 g/mol. The van der Waals surface area contributed by atoms with Crippen molar-refractivity contribution >= 4 is 34.2 Å². The number of nitrogens with one attached hydrogen (secondary N) is 1. The van der Waals surface area contributed by atoms with E-state index in [4.69, 9.17) is 9.72 Å². The van der Waals surface area contributed by atoms with Gasteiger partial charge in [-0.25, -0.2) is 4.98 Å². The van der Waals surface area contributed by atoms with Crippen LogP contribution in [0, 0.1) is 0 Å². The number of aromatic nitrogens is 4. The van der Waals surface area contributed by atoms with Crippen LogP contribution >= 0.6 is 11.8 Å². The standard InChI is InChI=1S/C23H25N5O2S/c1-5-19(22(29)24-14(2)3)31-23-27-26-21-17-8-6-7-9-18(17)25-20(28(21)23)15-10-12-16(30-4)13-11-15/h6-14,19H,5H2,1-4H3,(H,24,29). The molecule has 1 amide bonds. The Morgan fingerprint density at radius 2 is 1.87 bits per heavy atom. The summed E-state index contributed by atoms with van der Waals surface area (Å²) in [6.07, 6.45) is 0.678. The van der Waals surface area contributed by atoms with Gasteiger partial charge in [0.2, 0.25) is 5.91 Å². The van der Waals surface area contributed by atoms with Crippen molar-refractivity contribution in [3.63, 3.8) is 0 Å². The Morgan fingerprint density at radius 1 is 1.13 bits per heavy atom. The summed E-state index contributed by atoms with van der Waals surface area (Å²) in [6.45, 7) is 5.91. The third-order valence-electron chi connectivity index (χ3n) is 4.91. The molecule has 4 rings (SSSR count). The second-order valence-electron chi connectivity index (χ2n) is 7.50. The van der Waals surface area contributed by atoms with Crippen LogP contribution in [0.4, 0.5) is 0 Å². The van der Waals surface area contributed by atoms with E-state index in [1.165, 1.54) is 11.8 Å². The van der Waals surface area contributed by atoms with Gasteiger partial charge in [-0.05, 0) is 56.7 Å². The second-order valence-corrected chi connectivity index (χ2v) is 8.67. The molecule has 0 saturated carbocycles. The predicted octanol–water partition coefficient (Wildman–Crippen LogP) is 4.35. The smallest absolute Gasteiger partial charge is 0.233 e. The molecule has 0 aliphatic heterocycles. The maximum atomic E-state index is 12.7. The molecule has 8 heteroatoms. The van der Waals surface area contributed by atoms with Gasteiger partial charge in [0.15, 0.2) is 10.8 Å². The van der Waals surface area contributed by atoms with Gasteiger partial charge in [-0.3, -0.25) is 9.20 Å². The molecule has 0 fully saturated rings. The van der Waals surface area contributed by atoms with Crippen molar-refractivity contribution in [2.45, 2.75) is 43.6 Å². The van der Waals surface area contributed by atoms with Crippen molar-refractivity contribution in [1.29, 1.82) is 0 Å². The summed E-state index contributed by atoms with van der Waals surface area (Å²) < 4.78 is 7.24. The maximum absolute atomic E-state index is 12.7. The number of methoxy groups -OCH3 is 1. The van der Waals surface area contributed by atoms with E-state index < -0.39 is 0 Å². The van der Waals surface area contributed by atoms with E-state index in [1.54, 1.807) is 7.11 Å². The van der Waals surface area contributed by atoms with E-state index >= 15 is 0 Å². The van der Waals surface area contributed by atoms with Gasteiger partial charge >= 0.3 is 0 Å². The first-order valence-corrected chi connectivity index (χ1v) is 11.1. The zero-order valence-corrected chi connectivity index (χ0v) is 18.8. The van der Waals surface area contributed by atoms with Gasteiger partial charge in [0.1, 0.15) is 11.6 Å². The van der Waals surface area contributed by atoms with Gasteiger partial charge in [-0.2, -0.15) is 0 Å². The van der Waals surface area contributed by atoms with Crippen LogP contribution in [0.25, 0.3) is 27.9 Å². The lowest BCUT2D eigenvalue weighted by Crippen LogP contribution is -2.37. The molecule has 0 aliphatic carbocycles. The average Bonchev–Trinajstić information content (AvgIpc) is 3.20. The molecule has 1 unspecified atom stereocenters. The number of carbonyl (C=O) groups is 1. The molecule has 0 bridgehead atoms. The van der Waals surface area contributed by atoms with Gasteiger partial charge in [-0.1, -0.05) is 30.8 Å². The van der Waals surface area contributed by atoms with E-state index in [9.17, 15) is 4.79 Å². The fourth-order valence-electron chi connectivity index (χ4n) is 3.40. The normalized spacial score (nSPS) is 12.4. The van der Waals surface area contributed by atoms with Crippen LogP contribution in [-0.4, -0.2) is 43.9 Å². The minimum Gasteiger partial charge on any atom is -0.497 e. The third-order valence-corrected chi connectivity index (χ3v) is 6.21. The molecule has 0 saturated heterocycles. The number of para-hydroxylation sites is 1. The van der Waals surface area contributed by atoms with Crippen molar-refractivity contribution in [3.05, 3.63) is 48.5 Å². The fraction of sp³-hybridized carbons (Fsp3) is 0.304. The lowest BCUT2D eigenvalue weighted by Gasteiger charge is -2.16. The Hall–Kier alpha value is -3.13. The van der Waals surface area contributed by atoms with E-state index in [1.807, 2.05) is 73.7 Å². The van der Waals surface area contributed by atoms with Gasteiger partial charge in [0.25, 0.3) is 0 Å². The first kappa shape index (κ1) is 21.1. The SMILES string of the molecule is CCC(Sc1nnc2c3ccccc3nc(-c3ccc(OC)cc3)n12)C(=O)NC(C)C. The van der Waals surface area contributed by atoms with E-state index in [-0.39, 0.29) is 17.2 Å². The summed E-state index contributed by atoms with van der Waals surface area (Å²) >= 11 is 1.41. The molecule has 1 N–H and O–H groups in total. The van der Waals surface area contributed by atoms with Crippen LogP contribution in [0.3, 0.4) is 0 Å². The molecule has 160 valence electrons. The topological polar surface area (TPSA) is 81.4 Å². The number of hydrogen-bond acceptors (Lipinski definition) is 6. The number of fused-ring (bicyclic) bond motifs is 3. The molecule has 0 aliphatic rings. The molecule has 1 atom stereocenters. The third kappa shape index (κ3) is 4.20. The zero-order chi connectivity index (χ0) is 22.0. The summed E-state index contributed by atoms with van der Waals surface area (Å²) in [5.41, 5.74) is 2.48. The first-order chi connectivity index (χ1) is 15.0. The maximum Gasteiger partial charge on any atom is 0.233 e. The van der Waals surface area contributed by atoms with E-state index in [0.29, 0.717) is 11.6 Å². The van der Waals surface area contributed by atoms with Crippen molar-refractivity contribution in [2.75, 3.05) is 7.11 Å². The number of ether oxygens (including phenoxy) is 1. The van der Waals surface area contributed by atoms with Gasteiger partial charge < -0.3 is 10.1 Å². The monoisotopic (exact) mass is 435 g/mol. The molecule has 31 heavy (non-hydrogen) atoms. The minimum atomic E-state index is -0.273. The van der Waals surface area contributed by atoms with Crippen molar-refractivity contribution < 1.29 is 9.53 Å². The van der Waals surface area contributed by atoms with Crippen LogP contribution in [0.2, 0.25) is 0 Å². The molecule has 0 spiro atoms. The molecule has 2 aromatic heterocycles. The number of nitrogens with zero attached hydrogens (tertiary/aromatic N) is 4. The van der Waals surface area contributed by atoms with Crippen molar-refractivity contribution in [1.82, 2.24) is 24.9 Å². The van der Waals surface area contributed by atoms with E-state index in [0.717, 1.165) is 33.7 Å². The van der Waals surface area contributed by atoms with Crippen LogP contribution in [0.15, 0.2) is 53.7 Å². The second kappa shape index (κ2) is 8.93. The Morgan fingerprint density at radius 3 is 2.55 bits per heavy atom. The minimum absolute atomic E-state index is 0.000930. The summed E-state index contributed by atoms with van der Waals surface area (Å²) in [5, 5.41) is 13.2. The number of amides is 1. The quantitative estimate of drug-likeness (QED) is 0.435. The summed E-state index contributed by atoms with van der Waals surface area (Å²) in [6, 6.07) is 15.7. The van der Waals surface area contributed by atoms with Crippen LogP contribution < -0.4 is 10.1 Å². The number of rotatable bonds is 7. The first-order valence-electron chi connectivity index (χ1n) is 10.3. The molecule has 7 nitrogen and oxygen atoms in total. The Labute approximate surface area is 185 Å². The van der Waals surface area contributed by atoms with Crippen molar-refractivity contribution in [3.8, 4) is 17.1 Å². The number of carbonyl (C=O) groups excluding carboxylic acids is 1. The molecule has 2 heterocycles. The van der Waals surface area contributed by atoms with Crippen LogP contribution in [0.5, 0.6) is 5.75 Å². The Bertz CT molecular complexity index is 1220. The van der Waals surface area contributed by atoms with E-state index in [2.05, 4.69) is 15.5 Å². The van der Waals surface area contributed by atoms with Crippen LogP contribution in [0.1, 0.15) is 27.2 Å². The fourth-order valence-corrected chi connectivity index (χ4v) is 4.36. The molecule has 4 aromatic rings. The lowest BCUT2D eigenvalue weighted by molar-refractivity contribution is -0.121. The largest absolute Gasteiger partial charge is 0.497 e. The van der Waals surface area contributed by atoms with Crippen molar-refractivity contribution in [2.24, 2.45) is 0 Å². The lowest BCUT2D eigenvalue weighted by atomic mass is 10.1.